The Bertz CT molecular complexity index is 80.7. The van der Waals surface area contributed by atoms with Crippen molar-refractivity contribution < 1.29 is 0 Å². The van der Waals surface area contributed by atoms with E-state index in [1.165, 1.54) is 0 Å². The van der Waals surface area contributed by atoms with Crippen molar-refractivity contribution >= 4 is 8.35 Å². The molecule has 3 nitrogen and oxygen atoms in total. The topological polar surface area (TPSA) is 38.7 Å². The van der Waals surface area contributed by atoms with E-state index < -0.39 is 0 Å². The quantitative estimate of drug-likeness (QED) is 0.474. The number of rotatable bonds is 0. The second-order valence-corrected chi connectivity index (χ2v) is 1.42. The third-order valence-electron chi connectivity index (χ3n) is 0.343. The number of hydrogen-bond acceptors (Lipinski definition) is 3. The monoisotopic (exact) mass is 99.0 g/mol. The highest BCUT2D eigenvalue weighted by Crippen LogP contribution is 1.85. The van der Waals surface area contributed by atoms with Gasteiger partial charge in [-0.2, -0.15) is 0 Å². The molecule has 0 saturated heterocycles. The van der Waals surface area contributed by atoms with Crippen molar-refractivity contribution in [3.8, 4) is 0 Å². The van der Waals surface area contributed by atoms with E-state index in [4.69, 9.17) is 0 Å². The summed E-state index contributed by atoms with van der Waals surface area (Å²) < 4.78 is 0. The van der Waals surface area contributed by atoms with Gasteiger partial charge >= 0.3 is 0 Å². The minimum atomic E-state index is 0.882. The Morgan fingerprint density at radius 2 is 2.50 bits per heavy atom. The lowest BCUT2D eigenvalue weighted by Gasteiger charge is -1.66. The summed E-state index contributed by atoms with van der Waals surface area (Å²) in [7, 11) is 0.882. The zero-order valence-corrected chi connectivity index (χ0v) is 3.84. The van der Waals surface area contributed by atoms with E-state index >= 15 is 0 Å². The Morgan fingerprint density at radius 3 is 2.67 bits per heavy atom. The van der Waals surface area contributed by atoms with Crippen LogP contribution >= 0.6 is 8.35 Å². The highest BCUT2D eigenvalue weighted by Gasteiger charge is 1.61. The Kier molecular flexibility index (Phi) is 1.07. The van der Waals surface area contributed by atoms with Crippen LogP contribution in [0.4, 0.5) is 0 Å². The highest BCUT2D eigenvalue weighted by molar-refractivity contribution is 7.24. The van der Waals surface area contributed by atoms with Crippen molar-refractivity contribution in [2.45, 2.75) is 0 Å². The summed E-state index contributed by atoms with van der Waals surface area (Å²) >= 11 is 0. The van der Waals surface area contributed by atoms with Crippen molar-refractivity contribution in [1.29, 1.82) is 0 Å². The second kappa shape index (κ2) is 1.78. The van der Waals surface area contributed by atoms with Crippen molar-refractivity contribution in [1.82, 2.24) is 15.2 Å². The summed E-state index contributed by atoms with van der Waals surface area (Å²) in [5.74, 6) is 1.81. The van der Waals surface area contributed by atoms with Gasteiger partial charge in [-0.3, -0.25) is 0 Å². The van der Waals surface area contributed by atoms with Crippen LogP contribution < -0.4 is 0 Å². The van der Waals surface area contributed by atoms with E-state index in [2.05, 4.69) is 15.2 Å². The van der Waals surface area contributed by atoms with Gasteiger partial charge in [0.15, 0.2) is 0 Å². The number of hydrogen-bond donors (Lipinski definition) is 0. The summed E-state index contributed by atoms with van der Waals surface area (Å²) in [5.41, 5.74) is 0. The lowest BCUT2D eigenvalue weighted by Crippen LogP contribution is -1.73. The van der Waals surface area contributed by atoms with Gasteiger partial charge in [-0.05, 0) is 5.21 Å². The van der Waals surface area contributed by atoms with Crippen molar-refractivity contribution in [3.05, 3.63) is 12.0 Å². The van der Waals surface area contributed by atoms with Crippen LogP contribution in [-0.2, 0) is 0 Å². The van der Waals surface area contributed by atoms with Gasteiger partial charge in [0.1, 0.15) is 0 Å². The van der Waals surface area contributed by atoms with Crippen LogP contribution in [0.15, 0.2) is 12.0 Å². The van der Waals surface area contributed by atoms with Crippen molar-refractivity contribution in [2.75, 3.05) is 0 Å². The average Bonchev–Trinajstić information content (AvgIpc) is 1.72. The van der Waals surface area contributed by atoms with Crippen LogP contribution in [0.5, 0.6) is 0 Å². The van der Waals surface area contributed by atoms with Crippen molar-refractivity contribution in [3.63, 3.8) is 0 Å². The van der Waals surface area contributed by atoms with E-state index in [1.54, 1.807) is 6.20 Å². The van der Waals surface area contributed by atoms with Crippen LogP contribution in [0.2, 0.25) is 0 Å². The first-order valence-electron chi connectivity index (χ1n) is 1.45. The molecule has 1 aromatic rings. The molecule has 0 atom stereocenters. The molecule has 1 heterocycles. The van der Waals surface area contributed by atoms with Crippen LogP contribution in [0, 0.1) is 0 Å². The molecule has 0 unspecified atom stereocenters. The van der Waals surface area contributed by atoms with Gasteiger partial charge in [0.05, 0.1) is 14.5 Å². The molecule has 0 saturated carbocycles. The minimum Gasteiger partial charge on any atom is -0.138 e. The zero-order chi connectivity index (χ0) is 4.24. The normalized spacial score (nSPS) is 9.33. The third-order valence-corrected chi connectivity index (χ3v) is 0.793. The lowest BCUT2D eigenvalue weighted by molar-refractivity contribution is 0.923. The Morgan fingerprint density at radius 1 is 1.50 bits per heavy atom. The Balaban J connectivity index is 3.00. The van der Waals surface area contributed by atoms with Gasteiger partial charge in [-0.1, -0.05) is 0 Å². The molecule has 0 N–H and O–H groups in total. The smallest absolute Gasteiger partial charge is 0.0668 e. The first-order chi connectivity index (χ1) is 3.00. The fourth-order valence-electron chi connectivity index (χ4n) is 0.165. The molecule has 0 spiro atoms. The van der Waals surface area contributed by atoms with Crippen molar-refractivity contribution in [2.24, 2.45) is 0 Å². The molecular weight excluding hydrogens is 97.0 g/mol. The highest BCUT2D eigenvalue weighted by atomic mass is 31.0. The van der Waals surface area contributed by atoms with E-state index in [-0.39, 0.29) is 0 Å². The van der Waals surface area contributed by atoms with Gasteiger partial charge in [0, 0.05) is 5.80 Å². The summed E-state index contributed by atoms with van der Waals surface area (Å²) in [6, 6.07) is 0. The maximum Gasteiger partial charge on any atom is 0.0668 e. The predicted octanol–water partition coefficient (Wildman–Crippen LogP) is 0.452. The molecule has 1 aromatic heterocycles. The summed E-state index contributed by atoms with van der Waals surface area (Å²) in [6.07, 6.45) is 1.62. The standard InChI is InChI=1S/C2H2N3P/c1-2-6-5-4-3-1/h1-2H. The summed E-state index contributed by atoms with van der Waals surface area (Å²) in [5, 5.41) is 6.78. The van der Waals surface area contributed by atoms with Gasteiger partial charge in [-0.25, -0.2) is 0 Å². The zero-order valence-electron chi connectivity index (χ0n) is 2.94. The van der Waals surface area contributed by atoms with E-state index in [0.717, 1.165) is 8.35 Å². The number of nitrogens with zero attached hydrogens (tertiary/aromatic N) is 3. The molecule has 0 amide bonds. The molecule has 0 aromatic carbocycles. The maximum atomic E-state index is 3.52. The maximum absolute atomic E-state index is 3.52. The van der Waals surface area contributed by atoms with E-state index in [9.17, 15) is 0 Å². The molecule has 0 radical (unpaired) electrons. The average molecular weight is 99.0 g/mol. The third kappa shape index (κ3) is 0.692. The lowest BCUT2D eigenvalue weighted by atomic mass is 11.0. The summed E-state index contributed by atoms with van der Waals surface area (Å²) in [4.78, 5) is 3.52. The predicted molar refractivity (Wildman–Crippen MR) is 22.3 cm³/mol. The van der Waals surface area contributed by atoms with E-state index in [0.29, 0.717) is 0 Å². The second-order valence-electron chi connectivity index (χ2n) is 0.708. The molecule has 6 heavy (non-hydrogen) atoms. The molecule has 1 rings (SSSR count). The van der Waals surface area contributed by atoms with E-state index in [1.807, 2.05) is 5.80 Å². The molecule has 0 bridgehead atoms. The first kappa shape index (κ1) is 3.62. The van der Waals surface area contributed by atoms with Crippen LogP contribution in [-0.4, -0.2) is 15.2 Å². The van der Waals surface area contributed by atoms with Gasteiger partial charge in [0.25, 0.3) is 0 Å². The molecular formula is C2H2N3P. The summed E-state index contributed by atoms with van der Waals surface area (Å²) in [6.45, 7) is 0. The van der Waals surface area contributed by atoms with Crippen LogP contribution in [0.25, 0.3) is 0 Å². The Hall–Kier alpha value is -0.560. The van der Waals surface area contributed by atoms with Gasteiger partial charge < -0.3 is 0 Å². The molecule has 30 valence electrons. The molecule has 0 aliphatic rings. The Labute approximate surface area is 36.6 Å². The van der Waals surface area contributed by atoms with Gasteiger partial charge in [-0.15, -0.1) is 9.96 Å². The fourth-order valence-corrected chi connectivity index (χ4v) is 0.437. The molecule has 4 heteroatoms. The molecule has 0 fully saturated rings. The van der Waals surface area contributed by atoms with Crippen LogP contribution in [0.3, 0.4) is 0 Å². The van der Waals surface area contributed by atoms with Crippen LogP contribution in [0.1, 0.15) is 0 Å². The SMILES string of the molecule is c1cpnnn1. The first-order valence-corrected chi connectivity index (χ1v) is 2.37. The number of aromatic nitrogens is 3. The molecule has 0 aliphatic heterocycles. The fraction of sp³-hybridized carbons (Fsp3) is 0. The van der Waals surface area contributed by atoms with Gasteiger partial charge in [0.2, 0.25) is 0 Å². The largest absolute Gasteiger partial charge is 0.138 e. The minimum absolute atomic E-state index is 0.882. The molecule has 0 aliphatic carbocycles.